The van der Waals surface area contributed by atoms with Gasteiger partial charge in [0.2, 0.25) is 0 Å². The predicted octanol–water partition coefficient (Wildman–Crippen LogP) is 2.94. The van der Waals surface area contributed by atoms with Crippen LogP contribution in [0.25, 0.3) is 0 Å². The van der Waals surface area contributed by atoms with E-state index in [2.05, 4.69) is 24.4 Å². The summed E-state index contributed by atoms with van der Waals surface area (Å²) in [5, 5.41) is 3.42. The van der Waals surface area contributed by atoms with E-state index in [9.17, 15) is 0 Å². The molecular formula is C16H25NO2. The highest BCUT2D eigenvalue weighted by atomic mass is 16.5. The van der Waals surface area contributed by atoms with Gasteiger partial charge in [-0.1, -0.05) is 6.07 Å². The lowest BCUT2D eigenvalue weighted by Gasteiger charge is -2.23. The maximum Gasteiger partial charge on any atom is 0.128 e. The fraction of sp³-hybridized carbons (Fsp3) is 0.625. The maximum atomic E-state index is 5.57. The van der Waals surface area contributed by atoms with E-state index in [0.29, 0.717) is 0 Å². The number of ether oxygens (including phenoxy) is 2. The summed E-state index contributed by atoms with van der Waals surface area (Å²) in [5.74, 6) is 2.75. The van der Waals surface area contributed by atoms with Gasteiger partial charge in [0.25, 0.3) is 0 Å². The van der Waals surface area contributed by atoms with Crippen molar-refractivity contribution in [2.45, 2.75) is 32.6 Å². The van der Waals surface area contributed by atoms with Gasteiger partial charge in [0.15, 0.2) is 0 Å². The van der Waals surface area contributed by atoms with Gasteiger partial charge >= 0.3 is 0 Å². The van der Waals surface area contributed by atoms with Crippen LogP contribution in [0.4, 0.5) is 0 Å². The van der Waals surface area contributed by atoms with Crippen LogP contribution in [0.5, 0.6) is 11.5 Å². The molecule has 0 spiro atoms. The first-order chi connectivity index (χ1) is 9.26. The average Bonchev–Trinajstić information content (AvgIpc) is 2.46. The fourth-order valence-electron chi connectivity index (χ4n) is 2.96. The third-order valence-electron chi connectivity index (χ3n) is 4.14. The predicted molar refractivity (Wildman–Crippen MR) is 78.2 cm³/mol. The molecule has 0 amide bonds. The number of hydrogen-bond donors (Lipinski definition) is 1. The molecule has 0 saturated carbocycles. The second-order valence-electron chi connectivity index (χ2n) is 5.32. The Hall–Kier alpha value is -1.22. The lowest BCUT2D eigenvalue weighted by atomic mass is 9.91. The van der Waals surface area contributed by atoms with Crippen LogP contribution in [-0.4, -0.2) is 27.3 Å². The van der Waals surface area contributed by atoms with E-state index in [4.69, 9.17) is 9.47 Å². The van der Waals surface area contributed by atoms with Crippen molar-refractivity contribution in [2.75, 3.05) is 27.3 Å². The van der Waals surface area contributed by atoms with Crippen molar-refractivity contribution in [2.24, 2.45) is 5.92 Å². The largest absolute Gasteiger partial charge is 0.496 e. The smallest absolute Gasteiger partial charge is 0.128 e. The van der Waals surface area contributed by atoms with E-state index in [1.54, 1.807) is 14.2 Å². The molecule has 1 N–H and O–H groups in total. The number of piperidine rings is 1. The third kappa shape index (κ3) is 3.41. The number of benzene rings is 1. The van der Waals surface area contributed by atoms with Crippen molar-refractivity contribution >= 4 is 0 Å². The Kier molecular flexibility index (Phi) is 5.08. The normalized spacial score (nSPS) is 16.4. The molecule has 0 bridgehead atoms. The molecule has 1 aliphatic heterocycles. The zero-order chi connectivity index (χ0) is 13.7. The van der Waals surface area contributed by atoms with E-state index in [1.165, 1.54) is 37.9 Å². The summed E-state index contributed by atoms with van der Waals surface area (Å²) in [6.45, 7) is 4.40. The zero-order valence-electron chi connectivity index (χ0n) is 12.3. The molecule has 1 saturated heterocycles. The minimum absolute atomic E-state index is 0.855. The first-order valence-electron chi connectivity index (χ1n) is 7.17. The quantitative estimate of drug-likeness (QED) is 0.886. The summed E-state index contributed by atoms with van der Waals surface area (Å²) >= 11 is 0. The summed E-state index contributed by atoms with van der Waals surface area (Å²) in [7, 11) is 3.45. The topological polar surface area (TPSA) is 30.5 Å². The van der Waals surface area contributed by atoms with Gasteiger partial charge < -0.3 is 14.8 Å². The molecule has 0 aliphatic carbocycles. The van der Waals surface area contributed by atoms with Crippen LogP contribution in [0.1, 0.15) is 30.4 Å². The number of nitrogens with one attached hydrogen (secondary N) is 1. The Morgan fingerprint density at radius 3 is 2.53 bits per heavy atom. The first kappa shape index (κ1) is 14.2. The number of rotatable bonds is 5. The second-order valence-corrected chi connectivity index (χ2v) is 5.32. The van der Waals surface area contributed by atoms with Gasteiger partial charge in [0, 0.05) is 5.56 Å². The number of methoxy groups -OCH3 is 2. The minimum atomic E-state index is 0.855. The molecule has 0 radical (unpaired) electrons. The maximum absolute atomic E-state index is 5.57. The molecule has 0 atom stereocenters. The van der Waals surface area contributed by atoms with Crippen molar-refractivity contribution in [1.82, 2.24) is 5.32 Å². The van der Waals surface area contributed by atoms with Crippen molar-refractivity contribution in [3.8, 4) is 11.5 Å². The highest BCUT2D eigenvalue weighted by molar-refractivity contribution is 5.49. The highest BCUT2D eigenvalue weighted by Gasteiger charge is 2.15. The van der Waals surface area contributed by atoms with E-state index in [0.717, 1.165) is 29.4 Å². The van der Waals surface area contributed by atoms with Crippen molar-refractivity contribution in [1.29, 1.82) is 0 Å². The summed E-state index contributed by atoms with van der Waals surface area (Å²) in [5.41, 5.74) is 2.41. The van der Waals surface area contributed by atoms with Gasteiger partial charge in [0.05, 0.1) is 14.2 Å². The molecule has 3 heteroatoms. The summed E-state index contributed by atoms with van der Waals surface area (Å²) < 4.78 is 10.9. The molecule has 2 rings (SSSR count). The van der Waals surface area contributed by atoms with Gasteiger partial charge in [-0.25, -0.2) is 0 Å². The van der Waals surface area contributed by atoms with Gasteiger partial charge in [-0.3, -0.25) is 0 Å². The van der Waals surface area contributed by atoms with Crippen LogP contribution < -0.4 is 14.8 Å². The van der Waals surface area contributed by atoms with Crippen LogP contribution >= 0.6 is 0 Å². The number of aryl methyl sites for hydroxylation is 1. The molecule has 0 unspecified atom stereocenters. The Labute approximate surface area is 116 Å². The summed E-state index contributed by atoms with van der Waals surface area (Å²) in [6.07, 6.45) is 4.96. The monoisotopic (exact) mass is 263 g/mol. The van der Waals surface area contributed by atoms with Crippen LogP contribution in [0.3, 0.4) is 0 Å². The molecule has 19 heavy (non-hydrogen) atoms. The lowest BCUT2D eigenvalue weighted by molar-refractivity contribution is 0.349. The number of hydrogen-bond acceptors (Lipinski definition) is 3. The Morgan fingerprint density at radius 1 is 1.16 bits per heavy atom. The van der Waals surface area contributed by atoms with E-state index in [-0.39, 0.29) is 0 Å². The average molecular weight is 263 g/mol. The Bertz CT molecular complexity index is 411. The standard InChI is InChI=1S/C16H25NO2/c1-12-15(18-2)7-6-14(16(12)19-3)5-4-13-8-10-17-11-9-13/h6-7,13,17H,4-5,8-11H2,1-3H3. The van der Waals surface area contributed by atoms with Crippen molar-refractivity contribution in [3.05, 3.63) is 23.3 Å². The van der Waals surface area contributed by atoms with E-state index < -0.39 is 0 Å². The minimum Gasteiger partial charge on any atom is -0.496 e. The fourth-order valence-corrected chi connectivity index (χ4v) is 2.96. The summed E-state index contributed by atoms with van der Waals surface area (Å²) in [6, 6.07) is 4.20. The second kappa shape index (κ2) is 6.80. The lowest BCUT2D eigenvalue weighted by Crippen LogP contribution is -2.27. The Morgan fingerprint density at radius 2 is 1.89 bits per heavy atom. The van der Waals surface area contributed by atoms with E-state index in [1.807, 2.05) is 0 Å². The SMILES string of the molecule is COc1ccc(CCC2CCNCC2)c(OC)c1C. The Balaban J connectivity index is 2.04. The van der Waals surface area contributed by atoms with Gasteiger partial charge in [0.1, 0.15) is 11.5 Å². The molecule has 3 nitrogen and oxygen atoms in total. The van der Waals surface area contributed by atoms with Crippen LogP contribution in [0.15, 0.2) is 12.1 Å². The van der Waals surface area contributed by atoms with Gasteiger partial charge in [-0.2, -0.15) is 0 Å². The first-order valence-corrected chi connectivity index (χ1v) is 7.17. The van der Waals surface area contributed by atoms with Crippen LogP contribution in [-0.2, 0) is 6.42 Å². The summed E-state index contributed by atoms with van der Waals surface area (Å²) in [4.78, 5) is 0. The molecule has 1 fully saturated rings. The van der Waals surface area contributed by atoms with Crippen LogP contribution in [0, 0.1) is 12.8 Å². The van der Waals surface area contributed by atoms with Gasteiger partial charge in [-0.15, -0.1) is 0 Å². The molecule has 0 aromatic heterocycles. The van der Waals surface area contributed by atoms with Crippen molar-refractivity contribution in [3.63, 3.8) is 0 Å². The zero-order valence-corrected chi connectivity index (χ0v) is 12.3. The highest BCUT2D eigenvalue weighted by Crippen LogP contribution is 2.33. The molecule has 106 valence electrons. The molecule has 1 aromatic carbocycles. The van der Waals surface area contributed by atoms with Crippen LogP contribution in [0.2, 0.25) is 0 Å². The van der Waals surface area contributed by atoms with E-state index >= 15 is 0 Å². The van der Waals surface area contributed by atoms with Crippen molar-refractivity contribution < 1.29 is 9.47 Å². The molecule has 1 aromatic rings. The molecule has 1 aliphatic rings. The third-order valence-corrected chi connectivity index (χ3v) is 4.14. The molecular weight excluding hydrogens is 238 g/mol. The molecule has 1 heterocycles. The van der Waals surface area contributed by atoms with Gasteiger partial charge in [-0.05, 0) is 63.2 Å².